The van der Waals surface area contributed by atoms with Gasteiger partial charge >= 0.3 is 17.6 Å². The molecular weight excluding hydrogens is 346 g/mol. The van der Waals surface area contributed by atoms with Crippen molar-refractivity contribution in [3.63, 3.8) is 0 Å². The molecule has 1 aromatic carbocycles. The standard InChI is InChI=1S/C20H23N3O4/c1-5-9-15-10-7-8-11-16(15)18(24)23(13-12-14(3)4)19(25)17(22-21)20(26)27-6-2/h5,7-8,10-11H,1,3,6,9,12-13H2,2,4H3. The number of esters is 1. The monoisotopic (exact) mass is 369 g/mol. The number of imide groups is 1. The Morgan fingerprint density at radius 2 is 1.96 bits per heavy atom. The zero-order valence-electron chi connectivity index (χ0n) is 15.6. The van der Waals surface area contributed by atoms with Crippen LogP contribution in [0.15, 0.2) is 49.1 Å². The van der Waals surface area contributed by atoms with Crippen molar-refractivity contribution in [2.75, 3.05) is 13.2 Å². The van der Waals surface area contributed by atoms with E-state index in [1.165, 1.54) is 0 Å². The number of benzene rings is 1. The Balaban J connectivity index is 3.31. The molecule has 0 saturated heterocycles. The Labute approximate surface area is 158 Å². The fourth-order valence-corrected chi connectivity index (χ4v) is 2.30. The second-order valence-corrected chi connectivity index (χ2v) is 5.79. The van der Waals surface area contributed by atoms with E-state index in [4.69, 9.17) is 10.3 Å². The van der Waals surface area contributed by atoms with E-state index in [0.717, 1.165) is 10.5 Å². The topological polar surface area (TPSA) is 100 Å². The molecule has 0 unspecified atom stereocenters. The predicted molar refractivity (Wildman–Crippen MR) is 101 cm³/mol. The molecule has 27 heavy (non-hydrogen) atoms. The molecule has 2 amide bonds. The van der Waals surface area contributed by atoms with Gasteiger partial charge in [0, 0.05) is 12.1 Å². The molecule has 0 bridgehead atoms. The molecule has 0 atom stereocenters. The van der Waals surface area contributed by atoms with E-state index in [2.05, 4.69) is 17.9 Å². The van der Waals surface area contributed by atoms with Crippen molar-refractivity contribution in [2.45, 2.75) is 26.7 Å². The van der Waals surface area contributed by atoms with Gasteiger partial charge in [0.2, 0.25) is 0 Å². The Hall–Kier alpha value is -3.31. The summed E-state index contributed by atoms with van der Waals surface area (Å²) >= 11 is 0. The molecule has 7 heteroatoms. The summed E-state index contributed by atoms with van der Waals surface area (Å²) in [4.78, 5) is 41.3. The molecule has 7 nitrogen and oxygen atoms in total. The molecule has 0 aliphatic heterocycles. The van der Waals surface area contributed by atoms with Crippen LogP contribution < -0.4 is 0 Å². The fraction of sp³-hybridized carbons (Fsp3) is 0.300. The van der Waals surface area contributed by atoms with Crippen molar-refractivity contribution in [3.8, 4) is 0 Å². The lowest BCUT2D eigenvalue weighted by atomic mass is 10.0. The van der Waals surface area contributed by atoms with E-state index < -0.39 is 23.5 Å². The maximum Gasteiger partial charge on any atom is 0.463 e. The molecule has 0 spiro atoms. The molecule has 0 aliphatic rings. The van der Waals surface area contributed by atoms with E-state index in [1.54, 1.807) is 44.2 Å². The second-order valence-electron chi connectivity index (χ2n) is 5.79. The number of carbonyl (C=O) groups excluding carboxylic acids is 3. The zero-order chi connectivity index (χ0) is 20.4. The SMILES string of the molecule is C=CCc1ccccc1C(=O)N(CCC(=C)C)C(=O)C(=[N+]=[N-])C(=O)OCC. The maximum atomic E-state index is 13.0. The third-order valence-corrected chi connectivity index (χ3v) is 3.64. The number of allylic oxidation sites excluding steroid dienone is 1. The summed E-state index contributed by atoms with van der Waals surface area (Å²) in [6.45, 7) is 10.7. The van der Waals surface area contributed by atoms with Crippen LogP contribution in [0.3, 0.4) is 0 Å². The van der Waals surface area contributed by atoms with Gasteiger partial charge in [0.15, 0.2) is 0 Å². The Kier molecular flexibility index (Phi) is 8.56. The summed E-state index contributed by atoms with van der Waals surface area (Å²) in [5.41, 5.74) is 9.99. The summed E-state index contributed by atoms with van der Waals surface area (Å²) in [6, 6.07) is 6.79. The highest BCUT2D eigenvalue weighted by Gasteiger charge is 2.38. The van der Waals surface area contributed by atoms with Crippen molar-refractivity contribution in [1.82, 2.24) is 4.90 Å². The van der Waals surface area contributed by atoms with Crippen molar-refractivity contribution in [1.29, 1.82) is 0 Å². The van der Waals surface area contributed by atoms with Gasteiger partial charge in [-0.2, -0.15) is 4.79 Å². The van der Waals surface area contributed by atoms with Gasteiger partial charge in [0.25, 0.3) is 5.91 Å². The first-order valence-corrected chi connectivity index (χ1v) is 8.45. The number of ether oxygens (including phenoxy) is 1. The van der Waals surface area contributed by atoms with Gasteiger partial charge in [-0.3, -0.25) is 14.5 Å². The Morgan fingerprint density at radius 1 is 1.30 bits per heavy atom. The van der Waals surface area contributed by atoms with Gasteiger partial charge in [-0.1, -0.05) is 29.8 Å². The van der Waals surface area contributed by atoms with Crippen LogP contribution in [-0.2, 0) is 20.7 Å². The first kappa shape index (κ1) is 21.7. The second kappa shape index (κ2) is 10.6. The lowest BCUT2D eigenvalue weighted by molar-refractivity contribution is -0.143. The number of nitrogens with zero attached hydrogens (tertiary/aromatic N) is 3. The molecule has 0 aromatic heterocycles. The van der Waals surface area contributed by atoms with Crippen LogP contribution in [0.25, 0.3) is 5.53 Å². The van der Waals surface area contributed by atoms with Crippen LogP contribution >= 0.6 is 0 Å². The number of rotatable bonds is 9. The minimum Gasteiger partial charge on any atom is -0.457 e. The lowest BCUT2D eigenvalue weighted by Crippen LogP contribution is -2.45. The van der Waals surface area contributed by atoms with Crippen molar-refractivity contribution in [2.24, 2.45) is 0 Å². The van der Waals surface area contributed by atoms with Crippen LogP contribution in [0.2, 0.25) is 0 Å². The van der Waals surface area contributed by atoms with Crippen LogP contribution in [0.5, 0.6) is 0 Å². The highest BCUT2D eigenvalue weighted by atomic mass is 16.5. The molecule has 142 valence electrons. The summed E-state index contributed by atoms with van der Waals surface area (Å²) in [6.07, 6.45) is 2.41. The van der Waals surface area contributed by atoms with E-state index in [1.807, 2.05) is 0 Å². The quantitative estimate of drug-likeness (QED) is 0.167. The Morgan fingerprint density at radius 3 is 2.52 bits per heavy atom. The number of carbonyl (C=O) groups is 3. The normalized spacial score (nSPS) is 9.70. The van der Waals surface area contributed by atoms with Crippen LogP contribution in [0.4, 0.5) is 0 Å². The molecular formula is C20H23N3O4. The number of amides is 2. The van der Waals surface area contributed by atoms with Gasteiger partial charge in [0.05, 0.1) is 6.61 Å². The van der Waals surface area contributed by atoms with Crippen molar-refractivity contribution in [3.05, 3.63) is 65.7 Å². The third-order valence-electron chi connectivity index (χ3n) is 3.64. The van der Waals surface area contributed by atoms with Gasteiger partial charge in [0.1, 0.15) is 0 Å². The largest absolute Gasteiger partial charge is 0.463 e. The van der Waals surface area contributed by atoms with E-state index in [0.29, 0.717) is 24.0 Å². The molecule has 0 heterocycles. The number of hydrogen-bond acceptors (Lipinski definition) is 4. The fourth-order valence-electron chi connectivity index (χ4n) is 2.30. The Bertz CT molecular complexity index is 807. The third kappa shape index (κ3) is 5.87. The molecule has 0 aliphatic carbocycles. The van der Waals surface area contributed by atoms with Crippen molar-refractivity contribution < 1.29 is 23.9 Å². The first-order valence-electron chi connectivity index (χ1n) is 8.45. The molecule has 0 fully saturated rings. The summed E-state index contributed by atoms with van der Waals surface area (Å²) in [5.74, 6) is -2.74. The minimum atomic E-state index is -1.10. The molecule has 1 rings (SSSR count). The van der Waals surface area contributed by atoms with Crippen LogP contribution in [0, 0.1) is 0 Å². The zero-order valence-corrected chi connectivity index (χ0v) is 15.6. The van der Waals surface area contributed by atoms with Gasteiger partial charge in [-0.15, -0.1) is 13.2 Å². The van der Waals surface area contributed by atoms with Crippen LogP contribution in [0.1, 0.15) is 36.2 Å². The van der Waals surface area contributed by atoms with E-state index in [-0.39, 0.29) is 13.2 Å². The van der Waals surface area contributed by atoms with E-state index >= 15 is 0 Å². The van der Waals surface area contributed by atoms with Crippen LogP contribution in [-0.4, -0.2) is 46.3 Å². The average Bonchev–Trinajstić information content (AvgIpc) is 2.63. The smallest absolute Gasteiger partial charge is 0.457 e. The van der Waals surface area contributed by atoms with Crippen molar-refractivity contribution >= 4 is 23.5 Å². The maximum absolute atomic E-state index is 13.0. The van der Waals surface area contributed by atoms with Gasteiger partial charge < -0.3 is 10.3 Å². The lowest BCUT2D eigenvalue weighted by Gasteiger charge is -2.20. The summed E-state index contributed by atoms with van der Waals surface area (Å²) < 4.78 is 4.72. The highest BCUT2D eigenvalue weighted by molar-refractivity contribution is 6.62. The summed E-state index contributed by atoms with van der Waals surface area (Å²) in [7, 11) is 0. The van der Waals surface area contributed by atoms with E-state index in [9.17, 15) is 14.4 Å². The molecule has 0 radical (unpaired) electrons. The molecule has 0 N–H and O–H groups in total. The minimum absolute atomic E-state index is 0.00693. The molecule has 0 saturated carbocycles. The highest BCUT2D eigenvalue weighted by Crippen LogP contribution is 2.15. The van der Waals surface area contributed by atoms with Gasteiger partial charge in [-0.05, 0) is 38.3 Å². The molecule has 1 aromatic rings. The average molecular weight is 369 g/mol. The first-order chi connectivity index (χ1) is 12.9. The predicted octanol–water partition coefficient (Wildman–Crippen LogP) is 2.58. The van der Waals surface area contributed by atoms with Gasteiger partial charge in [-0.25, -0.2) is 4.79 Å². The summed E-state index contributed by atoms with van der Waals surface area (Å²) in [5, 5.41) is 0. The number of hydrogen-bond donors (Lipinski definition) is 0.